The molecule has 1 aliphatic heterocycles. The number of pyridine rings is 1. The lowest BCUT2D eigenvalue weighted by molar-refractivity contribution is -0.174. The Morgan fingerprint density at radius 3 is 2.59 bits per heavy atom. The van der Waals surface area contributed by atoms with Gasteiger partial charge in [-0.3, -0.25) is 4.68 Å². The molecule has 3 aromatic rings. The number of halogens is 3. The summed E-state index contributed by atoms with van der Waals surface area (Å²) in [4.78, 5) is 16.1. The van der Waals surface area contributed by atoms with Crippen LogP contribution in [0.15, 0.2) is 24.4 Å². The first-order valence-corrected chi connectivity index (χ1v) is 11.3. The molecular formula is C22H29F3N8O. The van der Waals surface area contributed by atoms with Crippen LogP contribution in [-0.4, -0.2) is 69.3 Å². The number of nitrogens with one attached hydrogen (secondary N) is 2. The molecule has 0 amide bonds. The summed E-state index contributed by atoms with van der Waals surface area (Å²) in [5.41, 5.74) is 2.02. The molecule has 0 saturated carbocycles. The highest BCUT2D eigenvalue weighted by Gasteiger charge is 2.28. The first kappa shape index (κ1) is 24.1. The number of rotatable bonds is 8. The van der Waals surface area contributed by atoms with E-state index >= 15 is 0 Å². The lowest BCUT2D eigenvalue weighted by atomic mass is 10.1. The van der Waals surface area contributed by atoms with E-state index in [4.69, 9.17) is 14.7 Å². The Hall–Kier alpha value is -2.99. The Morgan fingerprint density at radius 2 is 1.94 bits per heavy atom. The number of anilines is 3. The third-order valence-electron chi connectivity index (χ3n) is 5.44. The molecule has 0 spiro atoms. The van der Waals surface area contributed by atoms with Gasteiger partial charge in [-0.1, -0.05) is 13.0 Å². The van der Waals surface area contributed by atoms with E-state index < -0.39 is 12.8 Å². The summed E-state index contributed by atoms with van der Waals surface area (Å²) in [5, 5.41) is 11.4. The van der Waals surface area contributed by atoms with Crippen LogP contribution in [-0.2, 0) is 17.7 Å². The first-order chi connectivity index (χ1) is 16.2. The van der Waals surface area contributed by atoms with Gasteiger partial charge in [0.2, 0.25) is 5.95 Å². The van der Waals surface area contributed by atoms with E-state index in [2.05, 4.69) is 39.5 Å². The van der Waals surface area contributed by atoms with Gasteiger partial charge in [-0.05, 0) is 32.4 Å². The summed E-state index contributed by atoms with van der Waals surface area (Å²) in [6.07, 6.45) is -2.09. The molecule has 2 N–H and O–H groups in total. The zero-order valence-electron chi connectivity index (χ0n) is 19.4. The minimum absolute atomic E-state index is 0.133. The van der Waals surface area contributed by atoms with Crippen molar-refractivity contribution in [3.63, 3.8) is 0 Å². The second-order valence-electron chi connectivity index (χ2n) is 8.47. The van der Waals surface area contributed by atoms with Crippen LogP contribution >= 0.6 is 0 Å². The van der Waals surface area contributed by atoms with E-state index in [1.165, 1.54) is 0 Å². The molecule has 0 bridgehead atoms. The zero-order valence-corrected chi connectivity index (χ0v) is 19.4. The van der Waals surface area contributed by atoms with Gasteiger partial charge < -0.3 is 20.3 Å². The molecule has 3 aromatic heterocycles. The van der Waals surface area contributed by atoms with Crippen molar-refractivity contribution in [2.45, 2.75) is 52.0 Å². The van der Waals surface area contributed by atoms with Gasteiger partial charge in [0.05, 0.1) is 18.8 Å². The average molecular weight is 479 g/mol. The molecule has 1 saturated heterocycles. The molecule has 34 heavy (non-hydrogen) atoms. The summed E-state index contributed by atoms with van der Waals surface area (Å²) >= 11 is 0. The molecule has 2 atom stereocenters. The normalized spacial score (nSPS) is 19.1. The van der Waals surface area contributed by atoms with Crippen molar-refractivity contribution in [2.75, 3.05) is 36.5 Å². The van der Waals surface area contributed by atoms with Crippen LogP contribution in [0.2, 0.25) is 0 Å². The molecule has 0 unspecified atom stereocenters. The van der Waals surface area contributed by atoms with Gasteiger partial charge in [0, 0.05) is 31.4 Å². The van der Waals surface area contributed by atoms with Gasteiger partial charge in [-0.25, -0.2) is 9.97 Å². The Labute approximate surface area is 195 Å². The average Bonchev–Trinajstić information content (AvgIpc) is 3.14. The smallest absolute Gasteiger partial charge is 0.370 e. The third kappa shape index (κ3) is 5.73. The van der Waals surface area contributed by atoms with Gasteiger partial charge in [0.25, 0.3) is 0 Å². The van der Waals surface area contributed by atoms with Crippen molar-refractivity contribution in [3.8, 4) is 0 Å². The van der Waals surface area contributed by atoms with Crippen LogP contribution in [0, 0.1) is 0 Å². The summed E-state index contributed by atoms with van der Waals surface area (Å²) in [5.74, 6) is 1.67. The second kappa shape index (κ2) is 10.1. The van der Waals surface area contributed by atoms with Crippen LogP contribution < -0.4 is 15.5 Å². The molecule has 1 aliphatic rings. The van der Waals surface area contributed by atoms with Crippen LogP contribution in [0.5, 0.6) is 0 Å². The minimum Gasteiger partial charge on any atom is -0.370 e. The maximum Gasteiger partial charge on any atom is 0.411 e. The second-order valence-corrected chi connectivity index (χ2v) is 8.47. The number of piperazine rings is 1. The summed E-state index contributed by atoms with van der Waals surface area (Å²) in [7, 11) is 0. The SMILES string of the molecule is CCc1nn(CCOCC(F)(F)F)c2c(Nc3ccccn3)nc(N3C[C@@H](C)N[C@@H](C)C3)nc12. The van der Waals surface area contributed by atoms with Crippen molar-refractivity contribution in [1.82, 2.24) is 30.0 Å². The van der Waals surface area contributed by atoms with E-state index in [0.717, 1.165) is 18.8 Å². The molecular weight excluding hydrogens is 449 g/mol. The molecule has 0 aromatic carbocycles. The van der Waals surface area contributed by atoms with Crippen molar-refractivity contribution < 1.29 is 17.9 Å². The van der Waals surface area contributed by atoms with Crippen molar-refractivity contribution in [2.24, 2.45) is 0 Å². The van der Waals surface area contributed by atoms with Gasteiger partial charge in [-0.15, -0.1) is 0 Å². The number of ether oxygens (including phenoxy) is 1. The first-order valence-electron chi connectivity index (χ1n) is 11.3. The van der Waals surface area contributed by atoms with Crippen molar-refractivity contribution in [3.05, 3.63) is 30.1 Å². The molecule has 12 heteroatoms. The third-order valence-corrected chi connectivity index (χ3v) is 5.44. The Kier molecular flexibility index (Phi) is 7.17. The molecule has 184 valence electrons. The van der Waals surface area contributed by atoms with Crippen LogP contribution in [0.1, 0.15) is 26.5 Å². The largest absolute Gasteiger partial charge is 0.411 e. The summed E-state index contributed by atoms with van der Waals surface area (Å²) in [6, 6.07) is 6.03. The fourth-order valence-electron chi connectivity index (χ4n) is 4.15. The molecule has 0 aliphatic carbocycles. The minimum atomic E-state index is -4.37. The van der Waals surface area contributed by atoms with Gasteiger partial charge in [-0.2, -0.15) is 23.3 Å². The number of hydrogen-bond donors (Lipinski definition) is 2. The highest BCUT2D eigenvalue weighted by atomic mass is 19.4. The molecule has 4 rings (SSSR count). The monoisotopic (exact) mass is 478 g/mol. The van der Waals surface area contributed by atoms with E-state index in [1.807, 2.05) is 25.1 Å². The van der Waals surface area contributed by atoms with Crippen LogP contribution in [0.4, 0.5) is 30.8 Å². The maximum atomic E-state index is 12.5. The Bertz CT molecular complexity index is 1090. The van der Waals surface area contributed by atoms with Gasteiger partial charge in [0.1, 0.15) is 23.5 Å². The lowest BCUT2D eigenvalue weighted by Gasteiger charge is -2.36. The lowest BCUT2D eigenvalue weighted by Crippen LogP contribution is -2.54. The van der Waals surface area contributed by atoms with Gasteiger partial charge in [0.15, 0.2) is 5.82 Å². The van der Waals surface area contributed by atoms with Crippen LogP contribution in [0.25, 0.3) is 11.0 Å². The van der Waals surface area contributed by atoms with Gasteiger partial charge >= 0.3 is 6.18 Å². The number of hydrogen-bond acceptors (Lipinski definition) is 8. The molecule has 4 heterocycles. The maximum absolute atomic E-state index is 12.5. The standard InChI is InChI=1S/C22H29F3N8O/c1-4-16-18-19(33(31-16)9-10-34-13-22(23,24)25)20(28-17-7-5-6-8-26-17)30-21(29-18)32-11-14(2)27-15(3)12-32/h5-8,14-15,27H,4,9-13H2,1-3H3,(H,26,28,29,30)/t14-,15+. The number of aromatic nitrogens is 5. The molecule has 1 fully saturated rings. The van der Waals surface area contributed by atoms with Crippen molar-refractivity contribution in [1.29, 1.82) is 0 Å². The highest BCUT2D eigenvalue weighted by molar-refractivity contribution is 5.90. The predicted molar refractivity (Wildman–Crippen MR) is 123 cm³/mol. The van der Waals surface area contributed by atoms with E-state index in [9.17, 15) is 13.2 Å². The van der Waals surface area contributed by atoms with E-state index in [1.54, 1.807) is 10.9 Å². The fraction of sp³-hybridized carbons (Fsp3) is 0.545. The van der Waals surface area contributed by atoms with E-state index in [0.29, 0.717) is 35.0 Å². The van der Waals surface area contributed by atoms with Crippen LogP contribution in [0.3, 0.4) is 0 Å². The number of alkyl halides is 3. The highest BCUT2D eigenvalue weighted by Crippen LogP contribution is 2.29. The number of aryl methyl sites for hydroxylation is 1. The summed E-state index contributed by atoms with van der Waals surface area (Å²) in [6.45, 7) is 6.39. The summed E-state index contributed by atoms with van der Waals surface area (Å²) < 4.78 is 43.9. The Morgan fingerprint density at radius 1 is 1.18 bits per heavy atom. The zero-order chi connectivity index (χ0) is 24.3. The topological polar surface area (TPSA) is 93.0 Å². The number of fused-ring (bicyclic) bond motifs is 1. The predicted octanol–water partition coefficient (Wildman–Crippen LogP) is 3.29. The molecule has 0 radical (unpaired) electrons. The molecule has 9 nitrogen and oxygen atoms in total. The quantitative estimate of drug-likeness (QED) is 0.477. The van der Waals surface area contributed by atoms with Crippen molar-refractivity contribution >= 4 is 28.6 Å². The number of nitrogens with zero attached hydrogens (tertiary/aromatic N) is 6. The van der Waals surface area contributed by atoms with E-state index in [-0.39, 0.29) is 25.2 Å². The fourth-order valence-corrected chi connectivity index (χ4v) is 4.15. The Balaban J connectivity index is 1.73.